The molecule has 0 spiro atoms. The number of rotatable bonds is 10. The smallest absolute Gasteiger partial charge is 0.340 e. The highest BCUT2D eigenvalue weighted by Crippen LogP contribution is 2.23. The number of anilines is 1. The van der Waals surface area contributed by atoms with Crippen LogP contribution in [0.1, 0.15) is 29.3 Å². The highest BCUT2D eigenvalue weighted by Gasteiger charge is 2.20. The second-order valence-corrected chi connectivity index (χ2v) is 10.0. The van der Waals surface area contributed by atoms with Crippen molar-refractivity contribution in [3.63, 3.8) is 0 Å². The standard InChI is InChI=1S/C23H24N2O5S2/c1-17(13-14-18-8-3-2-4-9-18)24-21(26)16-30-23(27)19-10-5-6-11-20(19)25-32(28,29)22-12-7-15-31-22/h2-12,15,17,25H,13-14,16H2,1H3,(H,24,26). The monoisotopic (exact) mass is 472 g/mol. The van der Waals surface area contributed by atoms with E-state index in [1.807, 2.05) is 37.3 Å². The first-order chi connectivity index (χ1) is 15.3. The number of sulfonamides is 1. The third kappa shape index (κ3) is 6.66. The van der Waals surface area contributed by atoms with Gasteiger partial charge in [0, 0.05) is 6.04 Å². The van der Waals surface area contributed by atoms with Crippen molar-refractivity contribution in [2.75, 3.05) is 11.3 Å². The van der Waals surface area contributed by atoms with Crippen LogP contribution in [0.3, 0.4) is 0 Å². The van der Waals surface area contributed by atoms with Gasteiger partial charge in [0.2, 0.25) is 0 Å². The Morgan fingerprint density at radius 1 is 1.00 bits per heavy atom. The molecule has 0 bridgehead atoms. The van der Waals surface area contributed by atoms with Gasteiger partial charge >= 0.3 is 5.97 Å². The van der Waals surface area contributed by atoms with Gasteiger partial charge in [-0.05, 0) is 48.9 Å². The van der Waals surface area contributed by atoms with E-state index < -0.39 is 28.5 Å². The van der Waals surface area contributed by atoms with Crippen molar-refractivity contribution in [1.29, 1.82) is 0 Å². The van der Waals surface area contributed by atoms with Gasteiger partial charge < -0.3 is 10.1 Å². The summed E-state index contributed by atoms with van der Waals surface area (Å²) < 4.78 is 32.6. The highest BCUT2D eigenvalue weighted by molar-refractivity contribution is 7.94. The molecule has 1 amide bonds. The number of ether oxygens (including phenoxy) is 1. The van der Waals surface area contributed by atoms with Crippen molar-refractivity contribution in [1.82, 2.24) is 5.32 Å². The molecule has 7 nitrogen and oxygen atoms in total. The maximum absolute atomic E-state index is 12.5. The number of nitrogens with one attached hydrogen (secondary N) is 2. The maximum Gasteiger partial charge on any atom is 0.340 e. The number of hydrogen-bond donors (Lipinski definition) is 2. The Labute approximate surface area is 191 Å². The summed E-state index contributed by atoms with van der Waals surface area (Å²) in [5, 5.41) is 4.45. The molecule has 0 aliphatic carbocycles. The summed E-state index contributed by atoms with van der Waals surface area (Å²) in [6, 6.07) is 19.0. The van der Waals surface area contributed by atoms with E-state index in [4.69, 9.17) is 4.74 Å². The molecule has 1 atom stereocenters. The summed E-state index contributed by atoms with van der Waals surface area (Å²) in [6.07, 6.45) is 1.57. The van der Waals surface area contributed by atoms with E-state index in [0.29, 0.717) is 0 Å². The fraction of sp³-hybridized carbons (Fsp3) is 0.217. The summed E-state index contributed by atoms with van der Waals surface area (Å²) in [5.74, 6) is -1.21. The molecular weight excluding hydrogens is 448 g/mol. The van der Waals surface area contributed by atoms with Gasteiger partial charge in [-0.3, -0.25) is 9.52 Å². The van der Waals surface area contributed by atoms with Gasteiger partial charge in [0.25, 0.3) is 15.9 Å². The molecule has 2 N–H and O–H groups in total. The number of hydrogen-bond acceptors (Lipinski definition) is 6. The van der Waals surface area contributed by atoms with E-state index in [-0.39, 0.29) is 21.5 Å². The van der Waals surface area contributed by atoms with Crippen LogP contribution in [-0.4, -0.2) is 32.9 Å². The Morgan fingerprint density at radius 3 is 2.44 bits per heavy atom. The normalized spacial score (nSPS) is 12.0. The van der Waals surface area contributed by atoms with Gasteiger partial charge in [-0.25, -0.2) is 13.2 Å². The van der Waals surface area contributed by atoms with Crippen LogP contribution in [0.15, 0.2) is 76.3 Å². The Hall–Kier alpha value is -3.17. The maximum atomic E-state index is 12.5. The van der Waals surface area contributed by atoms with Crippen LogP contribution >= 0.6 is 11.3 Å². The Morgan fingerprint density at radius 2 is 1.72 bits per heavy atom. The molecule has 1 unspecified atom stereocenters. The van der Waals surface area contributed by atoms with E-state index in [2.05, 4.69) is 10.0 Å². The summed E-state index contributed by atoms with van der Waals surface area (Å²) in [4.78, 5) is 24.7. The van der Waals surface area contributed by atoms with Crippen molar-refractivity contribution in [3.05, 3.63) is 83.2 Å². The first-order valence-electron chi connectivity index (χ1n) is 10.0. The lowest BCUT2D eigenvalue weighted by Gasteiger charge is -2.15. The van der Waals surface area contributed by atoms with E-state index >= 15 is 0 Å². The molecular formula is C23H24N2O5S2. The molecule has 3 rings (SSSR count). The SMILES string of the molecule is CC(CCc1ccccc1)NC(=O)COC(=O)c1ccccc1NS(=O)(=O)c1cccs1. The van der Waals surface area contributed by atoms with Crippen LogP contribution < -0.4 is 10.0 Å². The molecule has 0 radical (unpaired) electrons. The zero-order valence-electron chi connectivity index (χ0n) is 17.5. The predicted molar refractivity (Wildman–Crippen MR) is 124 cm³/mol. The quantitative estimate of drug-likeness (QED) is 0.437. The summed E-state index contributed by atoms with van der Waals surface area (Å²) in [7, 11) is -3.82. The molecule has 1 heterocycles. The van der Waals surface area contributed by atoms with Gasteiger partial charge in [0.1, 0.15) is 4.21 Å². The highest BCUT2D eigenvalue weighted by atomic mass is 32.2. The summed E-state index contributed by atoms with van der Waals surface area (Å²) >= 11 is 1.07. The molecule has 0 fully saturated rings. The van der Waals surface area contributed by atoms with E-state index in [9.17, 15) is 18.0 Å². The van der Waals surface area contributed by atoms with Gasteiger partial charge in [-0.2, -0.15) is 0 Å². The van der Waals surface area contributed by atoms with Crippen molar-refractivity contribution in [2.45, 2.75) is 30.0 Å². The number of carbonyl (C=O) groups is 2. The van der Waals surface area contributed by atoms with Gasteiger partial charge in [-0.15, -0.1) is 11.3 Å². The Bertz CT molecular complexity index is 1150. The Kier molecular flexibility index (Phi) is 8.02. The average molecular weight is 473 g/mol. The molecule has 32 heavy (non-hydrogen) atoms. The number of carbonyl (C=O) groups excluding carboxylic acids is 2. The van der Waals surface area contributed by atoms with Gasteiger partial charge in [-0.1, -0.05) is 48.5 Å². The fourth-order valence-corrected chi connectivity index (χ4v) is 5.06. The number of benzene rings is 2. The molecule has 3 aromatic rings. The van der Waals surface area contributed by atoms with Crippen molar-refractivity contribution in [3.8, 4) is 0 Å². The van der Waals surface area contributed by atoms with E-state index in [0.717, 1.165) is 24.2 Å². The molecule has 2 aromatic carbocycles. The zero-order valence-corrected chi connectivity index (χ0v) is 19.1. The summed E-state index contributed by atoms with van der Waals surface area (Å²) in [6.45, 7) is 1.43. The molecule has 0 saturated heterocycles. The molecule has 0 aliphatic rings. The van der Waals surface area contributed by atoms with E-state index in [1.54, 1.807) is 23.6 Å². The van der Waals surface area contributed by atoms with Crippen LogP contribution in [0.2, 0.25) is 0 Å². The minimum Gasteiger partial charge on any atom is -0.452 e. The number of para-hydroxylation sites is 1. The molecule has 0 saturated carbocycles. The second-order valence-electron chi connectivity index (χ2n) is 7.15. The molecule has 1 aromatic heterocycles. The van der Waals surface area contributed by atoms with Crippen molar-refractivity contribution < 1.29 is 22.7 Å². The first kappa shape index (κ1) is 23.5. The zero-order chi connectivity index (χ0) is 23.0. The largest absolute Gasteiger partial charge is 0.452 e. The third-order valence-electron chi connectivity index (χ3n) is 4.60. The Balaban J connectivity index is 1.53. The molecule has 0 aliphatic heterocycles. The number of esters is 1. The summed E-state index contributed by atoms with van der Waals surface area (Å²) in [5.41, 5.74) is 1.29. The first-order valence-corrected chi connectivity index (χ1v) is 12.4. The predicted octanol–water partition coefficient (Wildman–Crippen LogP) is 3.84. The van der Waals surface area contributed by atoms with Crippen LogP contribution in [0, 0.1) is 0 Å². The minimum atomic E-state index is -3.82. The number of aryl methyl sites for hydroxylation is 1. The lowest BCUT2D eigenvalue weighted by atomic mass is 10.1. The van der Waals surface area contributed by atoms with Crippen molar-refractivity contribution in [2.24, 2.45) is 0 Å². The second kappa shape index (κ2) is 10.9. The molecule has 168 valence electrons. The van der Waals surface area contributed by atoms with Crippen molar-refractivity contribution >= 4 is 38.9 Å². The van der Waals surface area contributed by atoms with Crippen LogP contribution in [0.25, 0.3) is 0 Å². The van der Waals surface area contributed by atoms with E-state index in [1.165, 1.54) is 23.8 Å². The lowest BCUT2D eigenvalue weighted by molar-refractivity contribution is -0.124. The van der Waals surface area contributed by atoms with Crippen LogP contribution in [-0.2, 0) is 26.0 Å². The number of amides is 1. The van der Waals surface area contributed by atoms with Crippen LogP contribution in [0.4, 0.5) is 5.69 Å². The van der Waals surface area contributed by atoms with Gasteiger partial charge in [0.05, 0.1) is 11.3 Å². The topological polar surface area (TPSA) is 102 Å². The average Bonchev–Trinajstić information content (AvgIpc) is 3.33. The lowest BCUT2D eigenvalue weighted by Crippen LogP contribution is -2.36. The van der Waals surface area contributed by atoms with Gasteiger partial charge in [0.15, 0.2) is 6.61 Å². The molecule has 9 heteroatoms. The fourth-order valence-electron chi connectivity index (χ4n) is 2.99. The van der Waals surface area contributed by atoms with Crippen LogP contribution in [0.5, 0.6) is 0 Å². The number of thiophene rings is 1. The minimum absolute atomic E-state index is 0.0255. The third-order valence-corrected chi connectivity index (χ3v) is 7.36.